The van der Waals surface area contributed by atoms with E-state index in [1.165, 1.54) is 12.1 Å². The van der Waals surface area contributed by atoms with Gasteiger partial charge in [-0.2, -0.15) is 0 Å². The summed E-state index contributed by atoms with van der Waals surface area (Å²) in [6.45, 7) is -0.128. The van der Waals surface area contributed by atoms with E-state index >= 15 is 0 Å². The second-order valence-electron chi connectivity index (χ2n) is 2.48. The molecular formula is C8H10FN3O. The Morgan fingerprint density at radius 1 is 1.54 bits per heavy atom. The molecule has 0 spiro atoms. The molecule has 0 unspecified atom stereocenters. The van der Waals surface area contributed by atoms with E-state index in [1.54, 1.807) is 0 Å². The first-order chi connectivity index (χ1) is 6.13. The van der Waals surface area contributed by atoms with Crippen molar-refractivity contribution in [3.05, 3.63) is 24.0 Å². The fourth-order valence-corrected chi connectivity index (χ4v) is 0.849. The minimum Gasteiger partial charge on any atom is -0.397 e. The van der Waals surface area contributed by atoms with Crippen LogP contribution < -0.4 is 16.8 Å². The van der Waals surface area contributed by atoms with Gasteiger partial charge in [-0.1, -0.05) is 0 Å². The molecular weight excluding hydrogens is 173 g/mol. The highest BCUT2D eigenvalue weighted by Gasteiger charge is 2.03. The molecule has 0 saturated carbocycles. The standard InChI is InChI=1S/C8H10FN3O/c9-5-1-2-7(6(11)3-5)12-8(13)4-10/h1-3H,4,10-11H2,(H,12,13). The molecule has 5 heteroatoms. The lowest BCUT2D eigenvalue weighted by Crippen LogP contribution is -2.22. The van der Waals surface area contributed by atoms with Crippen LogP contribution in [-0.4, -0.2) is 12.5 Å². The molecule has 0 bridgehead atoms. The first-order valence-corrected chi connectivity index (χ1v) is 3.68. The molecule has 1 rings (SSSR count). The zero-order valence-corrected chi connectivity index (χ0v) is 6.88. The van der Waals surface area contributed by atoms with Gasteiger partial charge in [0.05, 0.1) is 17.9 Å². The molecule has 0 saturated heterocycles. The van der Waals surface area contributed by atoms with E-state index < -0.39 is 5.82 Å². The van der Waals surface area contributed by atoms with Crippen LogP contribution in [0.3, 0.4) is 0 Å². The smallest absolute Gasteiger partial charge is 0.238 e. The number of nitrogens with one attached hydrogen (secondary N) is 1. The molecule has 1 aromatic rings. The second-order valence-corrected chi connectivity index (χ2v) is 2.48. The summed E-state index contributed by atoms with van der Waals surface area (Å²) in [6, 6.07) is 3.73. The van der Waals surface area contributed by atoms with Crippen LogP contribution in [0, 0.1) is 5.82 Å². The molecule has 0 aliphatic carbocycles. The van der Waals surface area contributed by atoms with Gasteiger partial charge in [-0.25, -0.2) is 4.39 Å². The first-order valence-electron chi connectivity index (χ1n) is 3.68. The Morgan fingerprint density at radius 3 is 2.77 bits per heavy atom. The maximum atomic E-state index is 12.5. The van der Waals surface area contributed by atoms with Crippen LogP contribution in [0.15, 0.2) is 18.2 Å². The highest BCUT2D eigenvalue weighted by Crippen LogP contribution is 2.18. The molecule has 0 aromatic heterocycles. The van der Waals surface area contributed by atoms with E-state index in [0.29, 0.717) is 5.69 Å². The van der Waals surface area contributed by atoms with Crippen molar-refractivity contribution >= 4 is 17.3 Å². The van der Waals surface area contributed by atoms with E-state index in [2.05, 4.69) is 5.32 Å². The minimum atomic E-state index is -0.441. The molecule has 0 radical (unpaired) electrons. The number of nitrogens with two attached hydrogens (primary N) is 2. The Morgan fingerprint density at radius 2 is 2.23 bits per heavy atom. The van der Waals surface area contributed by atoms with Crippen molar-refractivity contribution in [3.8, 4) is 0 Å². The Bertz CT molecular complexity index is 327. The van der Waals surface area contributed by atoms with Crippen molar-refractivity contribution in [2.24, 2.45) is 5.73 Å². The quantitative estimate of drug-likeness (QED) is 0.577. The lowest BCUT2D eigenvalue weighted by molar-refractivity contribution is -0.114. The van der Waals surface area contributed by atoms with Gasteiger partial charge in [-0.3, -0.25) is 4.79 Å². The maximum absolute atomic E-state index is 12.5. The van der Waals surface area contributed by atoms with Gasteiger partial charge in [0.1, 0.15) is 5.82 Å². The van der Waals surface area contributed by atoms with Gasteiger partial charge >= 0.3 is 0 Å². The summed E-state index contributed by atoms with van der Waals surface area (Å²) in [4.78, 5) is 10.8. The number of rotatable bonds is 2. The normalized spacial score (nSPS) is 9.69. The Balaban J connectivity index is 2.83. The molecule has 0 heterocycles. The average Bonchev–Trinajstić information content (AvgIpc) is 2.09. The Hall–Kier alpha value is -1.62. The number of benzene rings is 1. The van der Waals surface area contributed by atoms with Crippen molar-refractivity contribution in [1.82, 2.24) is 0 Å². The zero-order chi connectivity index (χ0) is 9.84. The molecule has 0 fully saturated rings. The average molecular weight is 183 g/mol. The fraction of sp³-hybridized carbons (Fsp3) is 0.125. The number of anilines is 2. The minimum absolute atomic E-state index is 0.128. The summed E-state index contributed by atoms with van der Waals surface area (Å²) in [6.07, 6.45) is 0. The van der Waals surface area contributed by atoms with Crippen molar-refractivity contribution in [3.63, 3.8) is 0 Å². The molecule has 5 N–H and O–H groups in total. The van der Waals surface area contributed by atoms with Crippen LogP contribution in [0.4, 0.5) is 15.8 Å². The fourth-order valence-electron chi connectivity index (χ4n) is 0.849. The van der Waals surface area contributed by atoms with Gasteiger partial charge in [0, 0.05) is 0 Å². The molecule has 0 atom stereocenters. The van der Waals surface area contributed by atoms with Gasteiger partial charge in [-0.15, -0.1) is 0 Å². The van der Waals surface area contributed by atoms with E-state index in [-0.39, 0.29) is 18.1 Å². The van der Waals surface area contributed by atoms with Gasteiger partial charge in [0.25, 0.3) is 0 Å². The SMILES string of the molecule is NCC(=O)Nc1ccc(F)cc1N. The predicted octanol–water partition coefficient (Wildman–Crippen LogP) is 0.305. The van der Waals surface area contributed by atoms with Gasteiger partial charge < -0.3 is 16.8 Å². The summed E-state index contributed by atoms with van der Waals surface area (Å²) in [5.41, 5.74) is 11.1. The molecule has 70 valence electrons. The maximum Gasteiger partial charge on any atom is 0.238 e. The molecule has 13 heavy (non-hydrogen) atoms. The monoisotopic (exact) mass is 183 g/mol. The van der Waals surface area contributed by atoms with Crippen molar-refractivity contribution < 1.29 is 9.18 Å². The van der Waals surface area contributed by atoms with Crippen LogP contribution in [0.2, 0.25) is 0 Å². The number of nitrogen functional groups attached to an aromatic ring is 1. The number of amides is 1. The first kappa shape index (κ1) is 9.47. The molecule has 0 aliphatic heterocycles. The third-order valence-electron chi connectivity index (χ3n) is 1.47. The number of halogens is 1. The van der Waals surface area contributed by atoms with Gasteiger partial charge in [-0.05, 0) is 18.2 Å². The number of carbonyl (C=O) groups excluding carboxylic acids is 1. The van der Waals surface area contributed by atoms with Crippen LogP contribution in [0.25, 0.3) is 0 Å². The Kier molecular flexibility index (Phi) is 2.81. The van der Waals surface area contributed by atoms with Crippen LogP contribution in [-0.2, 0) is 4.79 Å². The number of carbonyl (C=O) groups is 1. The third-order valence-corrected chi connectivity index (χ3v) is 1.47. The summed E-state index contributed by atoms with van der Waals surface area (Å²) < 4.78 is 12.5. The topological polar surface area (TPSA) is 81.1 Å². The lowest BCUT2D eigenvalue weighted by atomic mass is 10.2. The third kappa shape index (κ3) is 2.41. The molecule has 0 aliphatic rings. The molecule has 1 aromatic carbocycles. The Labute approximate surface area is 74.7 Å². The van der Waals surface area contributed by atoms with E-state index in [1.807, 2.05) is 0 Å². The van der Waals surface area contributed by atoms with Gasteiger partial charge in [0.2, 0.25) is 5.91 Å². The van der Waals surface area contributed by atoms with Gasteiger partial charge in [0.15, 0.2) is 0 Å². The summed E-state index contributed by atoms with van der Waals surface area (Å²) in [7, 11) is 0. The molecule has 4 nitrogen and oxygen atoms in total. The second kappa shape index (κ2) is 3.86. The summed E-state index contributed by atoms with van der Waals surface area (Å²) in [5, 5.41) is 2.43. The summed E-state index contributed by atoms with van der Waals surface area (Å²) >= 11 is 0. The predicted molar refractivity (Wildman–Crippen MR) is 48.5 cm³/mol. The van der Waals surface area contributed by atoms with E-state index in [9.17, 15) is 9.18 Å². The van der Waals surface area contributed by atoms with Crippen molar-refractivity contribution in [1.29, 1.82) is 0 Å². The van der Waals surface area contributed by atoms with E-state index in [0.717, 1.165) is 6.07 Å². The molecule has 1 amide bonds. The van der Waals surface area contributed by atoms with E-state index in [4.69, 9.17) is 11.5 Å². The van der Waals surface area contributed by atoms with Crippen LogP contribution in [0.1, 0.15) is 0 Å². The summed E-state index contributed by atoms with van der Waals surface area (Å²) in [5.74, 6) is -0.804. The highest BCUT2D eigenvalue weighted by atomic mass is 19.1. The van der Waals surface area contributed by atoms with Crippen molar-refractivity contribution in [2.45, 2.75) is 0 Å². The highest BCUT2D eigenvalue weighted by molar-refractivity contribution is 5.94. The largest absolute Gasteiger partial charge is 0.397 e. The zero-order valence-electron chi connectivity index (χ0n) is 6.88. The van der Waals surface area contributed by atoms with Crippen LogP contribution in [0.5, 0.6) is 0 Å². The lowest BCUT2D eigenvalue weighted by Gasteiger charge is -2.06. The number of hydrogen-bond acceptors (Lipinski definition) is 3. The van der Waals surface area contributed by atoms with Crippen molar-refractivity contribution in [2.75, 3.05) is 17.6 Å². The van der Waals surface area contributed by atoms with Crippen LogP contribution >= 0.6 is 0 Å². The number of hydrogen-bond donors (Lipinski definition) is 3.